The highest BCUT2D eigenvalue weighted by Gasteiger charge is 2.65. The number of nitrogens with zero attached hydrogens (tertiary/aromatic N) is 2. The number of imidazole rings is 1. The minimum atomic E-state index is -0.297. The second-order valence-electron chi connectivity index (χ2n) is 8.43. The molecular formula is C19H26N4O. The molecule has 5 heteroatoms. The van der Waals surface area contributed by atoms with Crippen LogP contribution in [-0.2, 0) is 11.2 Å². The van der Waals surface area contributed by atoms with Crippen LogP contribution in [0.15, 0.2) is 18.2 Å². The van der Waals surface area contributed by atoms with Crippen molar-refractivity contribution in [3.05, 3.63) is 29.6 Å². The highest BCUT2D eigenvalue weighted by atomic mass is 16.1. The van der Waals surface area contributed by atoms with Gasteiger partial charge < -0.3 is 15.6 Å². The minimum Gasteiger partial charge on any atom is -0.369 e. The first kappa shape index (κ1) is 15.6. The zero-order chi connectivity index (χ0) is 17.1. The molecule has 1 saturated carbocycles. The van der Waals surface area contributed by atoms with E-state index in [9.17, 15) is 4.79 Å². The Morgan fingerprint density at radius 3 is 2.92 bits per heavy atom. The number of fused-ring (bicyclic) bond motifs is 2. The lowest BCUT2D eigenvalue weighted by Crippen LogP contribution is -2.59. The Morgan fingerprint density at radius 2 is 2.25 bits per heavy atom. The Hall–Kier alpha value is -1.88. The first-order valence-corrected chi connectivity index (χ1v) is 8.78. The predicted molar refractivity (Wildman–Crippen MR) is 94.5 cm³/mol. The van der Waals surface area contributed by atoms with Crippen molar-refractivity contribution in [1.82, 2.24) is 14.9 Å². The van der Waals surface area contributed by atoms with Crippen LogP contribution in [0.4, 0.5) is 0 Å². The SMILES string of the molecule is Cc1ccc2nc(CCN3C[C@@H]4C(C)(C)C[C@]4(C(N)=O)C3)[nH]c2c1. The number of aromatic nitrogens is 2. The molecule has 1 aliphatic carbocycles. The summed E-state index contributed by atoms with van der Waals surface area (Å²) in [7, 11) is 0. The number of primary amides is 1. The lowest BCUT2D eigenvalue weighted by atomic mass is 9.48. The van der Waals surface area contributed by atoms with E-state index in [-0.39, 0.29) is 16.7 Å². The van der Waals surface area contributed by atoms with Crippen molar-refractivity contribution in [3.8, 4) is 0 Å². The summed E-state index contributed by atoms with van der Waals surface area (Å²) < 4.78 is 0. The molecule has 2 atom stereocenters. The van der Waals surface area contributed by atoms with E-state index in [4.69, 9.17) is 5.73 Å². The molecule has 24 heavy (non-hydrogen) atoms. The summed E-state index contributed by atoms with van der Waals surface area (Å²) >= 11 is 0. The Labute approximate surface area is 142 Å². The molecule has 3 N–H and O–H groups in total. The van der Waals surface area contributed by atoms with Crippen LogP contribution in [0.2, 0.25) is 0 Å². The molecular weight excluding hydrogens is 300 g/mol. The van der Waals surface area contributed by atoms with Crippen LogP contribution in [0.1, 0.15) is 31.7 Å². The zero-order valence-electron chi connectivity index (χ0n) is 14.7. The fourth-order valence-corrected chi connectivity index (χ4v) is 5.05. The van der Waals surface area contributed by atoms with Gasteiger partial charge in [0.25, 0.3) is 0 Å². The Morgan fingerprint density at radius 1 is 1.46 bits per heavy atom. The maximum absolute atomic E-state index is 12.0. The van der Waals surface area contributed by atoms with Crippen LogP contribution < -0.4 is 5.73 Å². The van der Waals surface area contributed by atoms with Gasteiger partial charge in [-0.1, -0.05) is 19.9 Å². The van der Waals surface area contributed by atoms with Crippen molar-refractivity contribution in [2.24, 2.45) is 22.5 Å². The molecule has 5 nitrogen and oxygen atoms in total. The molecule has 4 rings (SSSR count). The summed E-state index contributed by atoms with van der Waals surface area (Å²) in [5, 5.41) is 0. The summed E-state index contributed by atoms with van der Waals surface area (Å²) in [5.41, 5.74) is 9.03. The highest BCUT2D eigenvalue weighted by molar-refractivity contribution is 5.83. The molecule has 1 aromatic heterocycles. The molecule has 0 bridgehead atoms. The summed E-state index contributed by atoms with van der Waals surface area (Å²) in [6.07, 6.45) is 1.79. The number of nitrogens with one attached hydrogen (secondary N) is 1. The fourth-order valence-electron chi connectivity index (χ4n) is 5.05. The van der Waals surface area contributed by atoms with Crippen LogP contribution in [0.3, 0.4) is 0 Å². The van der Waals surface area contributed by atoms with E-state index in [0.29, 0.717) is 5.92 Å². The van der Waals surface area contributed by atoms with E-state index in [1.807, 2.05) is 0 Å². The van der Waals surface area contributed by atoms with Gasteiger partial charge in [-0.25, -0.2) is 4.98 Å². The highest BCUT2D eigenvalue weighted by Crippen LogP contribution is 2.62. The van der Waals surface area contributed by atoms with Gasteiger partial charge in [-0.3, -0.25) is 4.79 Å². The molecule has 1 saturated heterocycles. The van der Waals surface area contributed by atoms with Crippen LogP contribution >= 0.6 is 0 Å². The number of rotatable bonds is 4. The molecule has 1 aliphatic heterocycles. The summed E-state index contributed by atoms with van der Waals surface area (Å²) in [6, 6.07) is 6.28. The number of aromatic amines is 1. The molecule has 2 aliphatic rings. The van der Waals surface area contributed by atoms with E-state index in [2.05, 4.69) is 53.8 Å². The molecule has 128 valence electrons. The molecule has 0 unspecified atom stereocenters. The lowest BCUT2D eigenvalue weighted by Gasteiger charge is -2.54. The van der Waals surface area contributed by atoms with Gasteiger partial charge in [0.05, 0.1) is 16.4 Å². The molecule has 2 fully saturated rings. The predicted octanol–water partition coefficient (Wildman–Crippen LogP) is 2.25. The maximum Gasteiger partial charge on any atom is 0.225 e. The van der Waals surface area contributed by atoms with Crippen molar-refractivity contribution >= 4 is 16.9 Å². The molecule has 2 heterocycles. The number of aryl methyl sites for hydroxylation is 1. The normalized spacial score (nSPS) is 28.7. The Kier molecular flexibility index (Phi) is 3.29. The quantitative estimate of drug-likeness (QED) is 0.905. The number of carbonyl (C=O) groups excluding carboxylic acids is 1. The Bertz CT molecular complexity index is 809. The molecule has 0 spiro atoms. The largest absolute Gasteiger partial charge is 0.369 e. The average Bonchev–Trinajstić information content (AvgIpc) is 3.04. The van der Waals surface area contributed by atoms with E-state index < -0.39 is 0 Å². The number of H-pyrrole nitrogens is 1. The zero-order valence-corrected chi connectivity index (χ0v) is 14.7. The number of carbonyl (C=O) groups is 1. The van der Waals surface area contributed by atoms with Gasteiger partial charge in [0.2, 0.25) is 5.91 Å². The molecule has 2 aromatic rings. The van der Waals surface area contributed by atoms with Crippen molar-refractivity contribution in [3.63, 3.8) is 0 Å². The van der Waals surface area contributed by atoms with Gasteiger partial charge in [-0.15, -0.1) is 0 Å². The molecule has 1 aromatic carbocycles. The number of hydrogen-bond acceptors (Lipinski definition) is 3. The monoisotopic (exact) mass is 326 g/mol. The molecule has 0 radical (unpaired) electrons. The third-order valence-electron chi connectivity index (χ3n) is 6.17. The third-order valence-corrected chi connectivity index (χ3v) is 6.17. The summed E-state index contributed by atoms with van der Waals surface area (Å²) in [4.78, 5) is 22.5. The standard InChI is InChI=1S/C19H26N4O/c1-12-4-5-13-14(8-12)22-16(21-13)6-7-23-9-15-18(2,3)10-19(15,11-23)17(20)24/h4-5,8,15H,6-7,9-11H2,1-3H3,(H2,20,24)(H,21,22)/t15-,19+/m1/s1. The fraction of sp³-hybridized carbons (Fsp3) is 0.579. The van der Waals surface area contributed by atoms with Gasteiger partial charge in [0.15, 0.2) is 0 Å². The second-order valence-corrected chi connectivity index (χ2v) is 8.43. The number of benzene rings is 1. The van der Waals surface area contributed by atoms with Crippen LogP contribution in [0, 0.1) is 23.7 Å². The number of likely N-dealkylation sites (tertiary alicyclic amines) is 1. The van der Waals surface area contributed by atoms with Gasteiger partial charge in [-0.05, 0) is 42.4 Å². The average molecular weight is 326 g/mol. The van der Waals surface area contributed by atoms with Crippen LogP contribution in [-0.4, -0.2) is 40.4 Å². The van der Waals surface area contributed by atoms with E-state index >= 15 is 0 Å². The number of amides is 1. The van der Waals surface area contributed by atoms with Crippen molar-refractivity contribution in [1.29, 1.82) is 0 Å². The van der Waals surface area contributed by atoms with E-state index in [0.717, 1.165) is 49.3 Å². The van der Waals surface area contributed by atoms with Gasteiger partial charge in [0, 0.05) is 26.1 Å². The second kappa shape index (κ2) is 5.06. The van der Waals surface area contributed by atoms with Gasteiger partial charge in [0.1, 0.15) is 5.82 Å². The third kappa shape index (κ3) is 2.25. The van der Waals surface area contributed by atoms with Crippen molar-refractivity contribution in [2.45, 2.75) is 33.6 Å². The van der Waals surface area contributed by atoms with Crippen LogP contribution in [0.5, 0.6) is 0 Å². The van der Waals surface area contributed by atoms with Crippen LogP contribution in [0.25, 0.3) is 11.0 Å². The Balaban J connectivity index is 1.45. The van der Waals surface area contributed by atoms with E-state index in [1.165, 1.54) is 5.56 Å². The first-order chi connectivity index (χ1) is 11.3. The first-order valence-electron chi connectivity index (χ1n) is 8.78. The van der Waals surface area contributed by atoms with E-state index in [1.54, 1.807) is 0 Å². The number of nitrogens with two attached hydrogens (primary N) is 1. The summed E-state index contributed by atoms with van der Waals surface area (Å²) in [6.45, 7) is 9.28. The summed E-state index contributed by atoms with van der Waals surface area (Å²) in [5.74, 6) is 1.29. The maximum atomic E-state index is 12.0. The topological polar surface area (TPSA) is 75.0 Å². The minimum absolute atomic E-state index is 0.117. The van der Waals surface area contributed by atoms with Gasteiger partial charge >= 0.3 is 0 Å². The molecule has 1 amide bonds. The number of hydrogen-bond donors (Lipinski definition) is 2. The van der Waals surface area contributed by atoms with Crippen molar-refractivity contribution in [2.75, 3.05) is 19.6 Å². The van der Waals surface area contributed by atoms with Gasteiger partial charge in [-0.2, -0.15) is 0 Å². The smallest absolute Gasteiger partial charge is 0.225 e. The van der Waals surface area contributed by atoms with Crippen molar-refractivity contribution < 1.29 is 4.79 Å². The lowest BCUT2D eigenvalue weighted by molar-refractivity contribution is -0.148.